The van der Waals surface area contributed by atoms with Crippen molar-refractivity contribution in [2.75, 3.05) is 20.3 Å². The molecule has 33 heavy (non-hydrogen) atoms. The van der Waals surface area contributed by atoms with Gasteiger partial charge in [0.15, 0.2) is 5.60 Å². The first-order valence-electron chi connectivity index (χ1n) is 10.3. The molecular weight excluding hydrogens is 414 g/mol. The Labute approximate surface area is 194 Å². The molecule has 1 atom stereocenters. The third kappa shape index (κ3) is 4.70. The fourth-order valence-electron chi connectivity index (χ4n) is 3.73. The summed E-state index contributed by atoms with van der Waals surface area (Å²) in [7, 11) is 1.56. The maximum Gasteiger partial charge on any atom is 0.259 e. The average Bonchev–Trinajstić information content (AvgIpc) is 2.84. The van der Waals surface area contributed by atoms with Gasteiger partial charge in [-0.15, -0.1) is 12.8 Å². The van der Waals surface area contributed by atoms with Crippen molar-refractivity contribution in [3.8, 4) is 47.3 Å². The topological polar surface area (TPSA) is 70.8 Å². The maximum absolute atomic E-state index is 13.1. The lowest BCUT2D eigenvalue weighted by molar-refractivity contribution is -0.137. The van der Waals surface area contributed by atoms with Crippen LogP contribution in [-0.4, -0.2) is 26.2 Å². The Balaban J connectivity index is 2.27. The molecule has 166 valence electrons. The van der Waals surface area contributed by atoms with Gasteiger partial charge < -0.3 is 19.9 Å². The lowest BCUT2D eigenvalue weighted by Crippen LogP contribution is -2.45. The van der Waals surface area contributed by atoms with E-state index in [4.69, 9.17) is 32.8 Å². The molecule has 0 aromatic heterocycles. The number of methoxy groups -OCH3 is 1. The highest BCUT2D eigenvalue weighted by atomic mass is 16.5. The number of ether oxygens (including phenoxy) is 3. The number of nitrogens with two attached hydrogens (primary N) is 1. The van der Waals surface area contributed by atoms with Gasteiger partial charge in [0.05, 0.1) is 7.11 Å². The molecule has 0 aliphatic heterocycles. The molecule has 3 rings (SSSR count). The Bertz CT molecular complexity index is 1220. The van der Waals surface area contributed by atoms with E-state index in [0.717, 1.165) is 11.1 Å². The van der Waals surface area contributed by atoms with Crippen LogP contribution >= 0.6 is 0 Å². The molecule has 0 saturated carbocycles. The molecule has 3 aromatic carbocycles. The maximum atomic E-state index is 13.1. The standard InChI is InChI=1S/C28H25NO4/c1-5-17-32-22-15-16-24(26(19-22)31-4)23-9-7-8-10-25(23)28(27(29)30,33-18-6-2)21-13-11-20(3)12-14-21/h1-2,7-16,19H,17-18H2,3-4H3,(H2,29,30). The van der Waals surface area contributed by atoms with Gasteiger partial charge in [0.2, 0.25) is 0 Å². The van der Waals surface area contributed by atoms with Gasteiger partial charge in [-0.3, -0.25) is 4.79 Å². The number of primary amides is 1. The van der Waals surface area contributed by atoms with Crippen LogP contribution in [0, 0.1) is 31.6 Å². The number of carbonyl (C=O) groups excluding carboxylic acids is 1. The molecule has 0 aliphatic rings. The van der Waals surface area contributed by atoms with E-state index in [1.165, 1.54) is 0 Å². The van der Waals surface area contributed by atoms with Gasteiger partial charge in [-0.2, -0.15) is 0 Å². The van der Waals surface area contributed by atoms with Gasteiger partial charge in [-0.1, -0.05) is 65.9 Å². The number of rotatable bonds is 9. The molecule has 5 heteroatoms. The molecule has 1 unspecified atom stereocenters. The first kappa shape index (κ1) is 23.5. The highest BCUT2D eigenvalue weighted by Crippen LogP contribution is 2.43. The summed E-state index contributed by atoms with van der Waals surface area (Å²) in [4.78, 5) is 13.1. The van der Waals surface area contributed by atoms with E-state index < -0.39 is 11.5 Å². The van der Waals surface area contributed by atoms with Crippen LogP contribution in [0.2, 0.25) is 0 Å². The fourth-order valence-corrected chi connectivity index (χ4v) is 3.73. The molecule has 1 amide bonds. The fraction of sp³-hybridized carbons (Fsp3) is 0.179. The number of terminal acetylenes is 2. The number of amides is 1. The minimum absolute atomic E-state index is 0.110. The van der Waals surface area contributed by atoms with E-state index in [2.05, 4.69) is 11.8 Å². The van der Waals surface area contributed by atoms with Crippen LogP contribution in [-0.2, 0) is 15.1 Å². The number of hydrogen-bond acceptors (Lipinski definition) is 4. The highest BCUT2D eigenvalue weighted by Gasteiger charge is 2.43. The minimum atomic E-state index is -1.61. The Morgan fingerprint density at radius 2 is 1.67 bits per heavy atom. The summed E-state index contributed by atoms with van der Waals surface area (Å²) < 4.78 is 17.2. The number of carbonyl (C=O) groups is 1. The Hall–Kier alpha value is -4.19. The first-order chi connectivity index (χ1) is 16.0. The minimum Gasteiger partial charge on any atom is -0.496 e. The zero-order chi connectivity index (χ0) is 23.8. The summed E-state index contributed by atoms with van der Waals surface area (Å²) in [6.45, 7) is 1.99. The van der Waals surface area contributed by atoms with Gasteiger partial charge in [-0.25, -0.2) is 0 Å². The molecular formula is C28H25NO4. The molecule has 2 N–H and O–H groups in total. The van der Waals surface area contributed by atoms with Gasteiger partial charge >= 0.3 is 0 Å². The average molecular weight is 440 g/mol. The predicted octanol–water partition coefficient (Wildman–Crippen LogP) is 4.06. The summed E-state index contributed by atoms with van der Waals surface area (Å²) in [6, 6.07) is 20.2. The predicted molar refractivity (Wildman–Crippen MR) is 129 cm³/mol. The molecule has 0 heterocycles. The van der Waals surface area contributed by atoms with Crippen LogP contribution in [0.5, 0.6) is 11.5 Å². The van der Waals surface area contributed by atoms with E-state index in [1.807, 2.05) is 55.5 Å². The smallest absolute Gasteiger partial charge is 0.259 e. The second-order valence-electron chi connectivity index (χ2n) is 7.30. The van der Waals surface area contributed by atoms with Crippen LogP contribution < -0.4 is 15.2 Å². The number of hydrogen-bond donors (Lipinski definition) is 1. The summed E-state index contributed by atoms with van der Waals surface area (Å²) in [5.74, 6) is 5.31. The Morgan fingerprint density at radius 1 is 0.970 bits per heavy atom. The van der Waals surface area contributed by atoms with Crippen molar-refractivity contribution in [1.82, 2.24) is 0 Å². The third-order valence-electron chi connectivity index (χ3n) is 5.27. The van der Waals surface area contributed by atoms with Crippen molar-refractivity contribution in [2.24, 2.45) is 5.73 Å². The summed E-state index contributed by atoms with van der Waals surface area (Å²) in [6.07, 6.45) is 10.8. The summed E-state index contributed by atoms with van der Waals surface area (Å²) >= 11 is 0. The lowest BCUT2D eigenvalue weighted by atomic mass is 9.80. The van der Waals surface area contributed by atoms with Gasteiger partial charge in [0.1, 0.15) is 24.7 Å². The number of benzene rings is 3. The van der Waals surface area contributed by atoms with Gasteiger partial charge in [-0.05, 0) is 30.2 Å². The monoisotopic (exact) mass is 439 g/mol. The second kappa shape index (κ2) is 10.4. The van der Waals surface area contributed by atoms with E-state index >= 15 is 0 Å². The first-order valence-corrected chi connectivity index (χ1v) is 10.3. The van der Waals surface area contributed by atoms with E-state index in [-0.39, 0.29) is 13.2 Å². The van der Waals surface area contributed by atoms with E-state index in [9.17, 15) is 4.79 Å². The highest BCUT2D eigenvalue weighted by molar-refractivity contribution is 5.92. The van der Waals surface area contributed by atoms with Crippen molar-refractivity contribution in [3.05, 3.63) is 83.4 Å². The second-order valence-corrected chi connectivity index (χ2v) is 7.30. The van der Waals surface area contributed by atoms with Crippen molar-refractivity contribution in [3.63, 3.8) is 0 Å². The number of aryl methyl sites for hydroxylation is 1. The molecule has 0 bridgehead atoms. The Kier molecular flexibility index (Phi) is 7.41. The molecule has 0 spiro atoms. The van der Waals surface area contributed by atoms with Crippen LogP contribution in [0.1, 0.15) is 16.7 Å². The zero-order valence-corrected chi connectivity index (χ0v) is 18.6. The molecule has 5 nitrogen and oxygen atoms in total. The quantitative estimate of drug-likeness (QED) is 0.511. The van der Waals surface area contributed by atoms with Gasteiger partial charge in [0, 0.05) is 17.2 Å². The third-order valence-corrected chi connectivity index (χ3v) is 5.27. The van der Waals surface area contributed by atoms with Gasteiger partial charge in [0.25, 0.3) is 5.91 Å². The molecule has 0 radical (unpaired) electrons. The summed E-state index contributed by atoms with van der Waals surface area (Å²) in [5.41, 5.74) is 7.99. The normalized spacial score (nSPS) is 12.1. The van der Waals surface area contributed by atoms with Crippen LogP contribution in [0.3, 0.4) is 0 Å². The van der Waals surface area contributed by atoms with E-state index in [0.29, 0.717) is 28.2 Å². The van der Waals surface area contributed by atoms with Crippen LogP contribution in [0.4, 0.5) is 0 Å². The van der Waals surface area contributed by atoms with E-state index in [1.54, 1.807) is 25.3 Å². The van der Waals surface area contributed by atoms with Crippen molar-refractivity contribution in [1.29, 1.82) is 0 Å². The molecule has 3 aromatic rings. The van der Waals surface area contributed by atoms with Crippen molar-refractivity contribution in [2.45, 2.75) is 12.5 Å². The van der Waals surface area contributed by atoms with Crippen LogP contribution in [0.25, 0.3) is 11.1 Å². The molecule has 0 aliphatic carbocycles. The lowest BCUT2D eigenvalue weighted by Gasteiger charge is -2.33. The molecule has 0 fully saturated rings. The SMILES string of the molecule is C#CCOc1ccc(-c2ccccc2C(OCC#C)(C(N)=O)c2ccc(C)cc2)c(OC)c1. The van der Waals surface area contributed by atoms with Crippen molar-refractivity contribution >= 4 is 5.91 Å². The summed E-state index contributed by atoms with van der Waals surface area (Å²) in [5, 5.41) is 0. The van der Waals surface area contributed by atoms with Crippen molar-refractivity contribution < 1.29 is 19.0 Å². The zero-order valence-electron chi connectivity index (χ0n) is 18.6. The molecule has 0 saturated heterocycles. The van der Waals surface area contributed by atoms with Crippen LogP contribution in [0.15, 0.2) is 66.7 Å². The largest absolute Gasteiger partial charge is 0.496 e. The Morgan fingerprint density at radius 3 is 2.30 bits per heavy atom.